The molecule has 0 bridgehead atoms. The molecule has 3 nitrogen and oxygen atoms in total. The number of hydrogen-bond acceptors (Lipinski definition) is 2. The number of alkyl halides is 1. The predicted octanol–water partition coefficient (Wildman–Crippen LogP) is 5.89. The van der Waals surface area contributed by atoms with Crippen LogP contribution in [-0.2, 0) is 4.74 Å². The molecule has 0 aliphatic rings. The Balaban J connectivity index is 2.90. The van der Waals surface area contributed by atoms with Crippen molar-refractivity contribution in [1.82, 2.24) is 4.90 Å². The third-order valence-electron chi connectivity index (χ3n) is 3.50. The minimum Gasteiger partial charge on any atom is -0.410 e. The van der Waals surface area contributed by atoms with Crippen molar-refractivity contribution in [2.75, 3.05) is 4.43 Å². The maximum Gasteiger partial charge on any atom is 0.415 e. The summed E-state index contributed by atoms with van der Waals surface area (Å²) in [5.41, 5.74) is 0.947. The second-order valence-corrected chi connectivity index (χ2v) is 7.16. The van der Waals surface area contributed by atoms with E-state index in [0.717, 1.165) is 22.8 Å². The fourth-order valence-corrected chi connectivity index (χ4v) is 3.00. The minimum absolute atomic E-state index is 0.110. The molecule has 0 spiro atoms. The molecule has 1 aromatic rings. The molecule has 1 aromatic carbocycles. The van der Waals surface area contributed by atoms with E-state index in [1.165, 1.54) is 6.42 Å². The Labute approximate surface area is 154 Å². The van der Waals surface area contributed by atoms with E-state index in [9.17, 15) is 4.79 Å². The van der Waals surface area contributed by atoms with Gasteiger partial charge in [-0.25, -0.2) is 4.79 Å². The van der Waals surface area contributed by atoms with E-state index in [0.29, 0.717) is 5.76 Å². The summed E-state index contributed by atoms with van der Waals surface area (Å²) in [6.07, 6.45) is 4.97. The number of amides is 1. The van der Waals surface area contributed by atoms with Gasteiger partial charge in [0.25, 0.3) is 0 Å². The number of halogens is 1. The van der Waals surface area contributed by atoms with E-state index in [4.69, 9.17) is 4.74 Å². The van der Waals surface area contributed by atoms with Crippen LogP contribution in [0, 0.1) is 0 Å². The summed E-state index contributed by atoms with van der Waals surface area (Å²) < 4.78 is 6.90. The molecular formula is C19H28INO2. The molecular weight excluding hydrogens is 401 g/mol. The van der Waals surface area contributed by atoms with Crippen LogP contribution in [0.4, 0.5) is 4.79 Å². The highest BCUT2D eigenvalue weighted by Gasteiger charge is 2.23. The van der Waals surface area contributed by atoms with Gasteiger partial charge in [0.15, 0.2) is 0 Å². The van der Waals surface area contributed by atoms with Crippen molar-refractivity contribution >= 4 is 34.4 Å². The van der Waals surface area contributed by atoms with Gasteiger partial charge in [-0.2, -0.15) is 0 Å². The van der Waals surface area contributed by atoms with Crippen LogP contribution >= 0.6 is 22.6 Å². The summed E-state index contributed by atoms with van der Waals surface area (Å²) in [6, 6.07) is 10.1. The molecule has 0 atom stereocenters. The first-order chi connectivity index (χ1) is 11.0. The second-order valence-electron chi connectivity index (χ2n) is 6.08. The number of allylic oxidation sites excluding steroid dienone is 1. The fourth-order valence-electron chi connectivity index (χ4n) is 2.46. The number of unbranched alkanes of at least 4 members (excludes halogenated alkanes) is 2. The molecule has 0 fully saturated rings. The largest absolute Gasteiger partial charge is 0.415 e. The van der Waals surface area contributed by atoms with Crippen molar-refractivity contribution in [2.24, 2.45) is 0 Å². The number of carbonyl (C=O) groups excluding carboxylic acids is 1. The molecule has 0 aromatic heterocycles. The van der Waals surface area contributed by atoms with Gasteiger partial charge in [-0.05, 0) is 57.5 Å². The van der Waals surface area contributed by atoms with E-state index < -0.39 is 0 Å². The molecule has 0 aliphatic carbocycles. The zero-order valence-corrected chi connectivity index (χ0v) is 16.7. The molecule has 0 saturated carbocycles. The highest BCUT2D eigenvalue weighted by atomic mass is 127. The highest BCUT2D eigenvalue weighted by molar-refractivity contribution is 14.1. The summed E-state index contributed by atoms with van der Waals surface area (Å²) in [5, 5.41) is 0. The van der Waals surface area contributed by atoms with Crippen LogP contribution in [0.1, 0.15) is 52.5 Å². The van der Waals surface area contributed by atoms with Crippen molar-refractivity contribution in [1.29, 1.82) is 0 Å². The zero-order chi connectivity index (χ0) is 17.2. The molecule has 1 rings (SSSR count). The average molecular weight is 429 g/mol. The zero-order valence-electron chi connectivity index (χ0n) is 14.6. The van der Waals surface area contributed by atoms with Crippen LogP contribution in [0.2, 0.25) is 0 Å². The Morgan fingerprint density at radius 1 is 1.13 bits per heavy atom. The van der Waals surface area contributed by atoms with Crippen LogP contribution < -0.4 is 0 Å². The van der Waals surface area contributed by atoms with Gasteiger partial charge in [-0.1, -0.05) is 52.9 Å². The summed E-state index contributed by atoms with van der Waals surface area (Å²) in [7, 11) is 0. The molecule has 0 aliphatic heterocycles. The van der Waals surface area contributed by atoms with E-state index in [1.807, 2.05) is 64.1 Å². The molecule has 1 amide bonds. The number of nitrogens with zero attached hydrogens (tertiary/aromatic N) is 1. The van der Waals surface area contributed by atoms with Gasteiger partial charge in [0.05, 0.1) is 0 Å². The number of rotatable bonds is 8. The minimum atomic E-state index is -0.279. The van der Waals surface area contributed by atoms with Gasteiger partial charge in [0.2, 0.25) is 0 Å². The molecule has 4 heteroatoms. The summed E-state index contributed by atoms with van der Waals surface area (Å²) in [6.45, 7) is 8.03. The number of ether oxygens (including phenoxy) is 1. The Hall–Kier alpha value is -1.04. The number of hydrogen-bond donors (Lipinski definition) is 0. The molecule has 0 N–H and O–H groups in total. The van der Waals surface area contributed by atoms with E-state index in [2.05, 4.69) is 22.6 Å². The summed E-state index contributed by atoms with van der Waals surface area (Å²) >= 11 is 2.39. The van der Waals surface area contributed by atoms with Crippen LogP contribution in [0.15, 0.2) is 36.4 Å². The maximum atomic E-state index is 12.6. The van der Waals surface area contributed by atoms with Crippen LogP contribution in [-0.4, -0.2) is 27.5 Å². The van der Waals surface area contributed by atoms with Crippen LogP contribution in [0.5, 0.6) is 0 Å². The van der Waals surface area contributed by atoms with Crippen LogP contribution in [0.25, 0.3) is 5.76 Å². The standard InChI is InChI=1S/C19H28INO2/c1-15(2)21(16(3)4)19(22)23-18(13-9-6-10-14-20)17-11-7-5-8-12-17/h5,7-8,11-13,15-16H,6,9-10,14H2,1-4H3/b18-13-. The Morgan fingerprint density at radius 3 is 2.26 bits per heavy atom. The lowest BCUT2D eigenvalue weighted by atomic mass is 10.1. The highest BCUT2D eigenvalue weighted by Crippen LogP contribution is 2.20. The summed E-state index contributed by atoms with van der Waals surface area (Å²) in [5.74, 6) is 0.662. The first-order valence-corrected chi connectivity index (χ1v) is 9.81. The maximum absolute atomic E-state index is 12.6. The first kappa shape index (κ1) is 20.0. The molecule has 0 saturated heterocycles. The topological polar surface area (TPSA) is 29.5 Å². The molecule has 0 radical (unpaired) electrons. The average Bonchev–Trinajstić information content (AvgIpc) is 2.50. The van der Waals surface area contributed by atoms with Gasteiger partial charge >= 0.3 is 6.09 Å². The summed E-state index contributed by atoms with van der Waals surface area (Å²) in [4.78, 5) is 14.3. The van der Waals surface area contributed by atoms with Crippen molar-refractivity contribution in [3.63, 3.8) is 0 Å². The van der Waals surface area contributed by atoms with Crippen molar-refractivity contribution in [3.8, 4) is 0 Å². The van der Waals surface area contributed by atoms with Crippen molar-refractivity contribution in [2.45, 2.75) is 59.0 Å². The normalized spacial score (nSPS) is 11.9. The van der Waals surface area contributed by atoms with Gasteiger partial charge in [-0.15, -0.1) is 0 Å². The SMILES string of the molecule is CC(C)N(C(=O)O/C(=C\CCCCI)c1ccccc1)C(C)C. The monoisotopic (exact) mass is 429 g/mol. The fraction of sp³-hybridized carbons (Fsp3) is 0.526. The van der Waals surface area contributed by atoms with E-state index in [1.54, 1.807) is 4.90 Å². The van der Waals surface area contributed by atoms with Gasteiger partial charge < -0.3 is 9.64 Å². The van der Waals surface area contributed by atoms with Gasteiger partial charge in [0, 0.05) is 17.6 Å². The number of carbonyl (C=O) groups is 1. The first-order valence-electron chi connectivity index (χ1n) is 8.29. The Kier molecular flexibility index (Phi) is 9.29. The lowest BCUT2D eigenvalue weighted by molar-refractivity contribution is 0.114. The smallest absolute Gasteiger partial charge is 0.410 e. The molecule has 0 heterocycles. The second kappa shape index (κ2) is 10.7. The number of benzene rings is 1. The van der Waals surface area contributed by atoms with Gasteiger partial charge in [0.1, 0.15) is 5.76 Å². The third kappa shape index (κ3) is 6.94. The van der Waals surface area contributed by atoms with Crippen molar-refractivity contribution in [3.05, 3.63) is 42.0 Å². The molecule has 23 heavy (non-hydrogen) atoms. The van der Waals surface area contributed by atoms with E-state index >= 15 is 0 Å². The molecule has 0 unspecified atom stereocenters. The Bertz CT molecular complexity index is 489. The Morgan fingerprint density at radius 2 is 1.74 bits per heavy atom. The van der Waals surface area contributed by atoms with Gasteiger partial charge in [-0.3, -0.25) is 0 Å². The lowest BCUT2D eigenvalue weighted by Gasteiger charge is -2.30. The third-order valence-corrected chi connectivity index (χ3v) is 4.26. The van der Waals surface area contributed by atoms with Crippen LogP contribution in [0.3, 0.4) is 0 Å². The predicted molar refractivity (Wildman–Crippen MR) is 106 cm³/mol. The van der Waals surface area contributed by atoms with Crippen molar-refractivity contribution < 1.29 is 9.53 Å². The lowest BCUT2D eigenvalue weighted by Crippen LogP contribution is -2.42. The van der Waals surface area contributed by atoms with E-state index in [-0.39, 0.29) is 18.2 Å². The molecule has 128 valence electrons. The quantitative estimate of drug-likeness (QED) is 0.223.